The van der Waals surface area contributed by atoms with Crippen molar-refractivity contribution in [2.45, 2.75) is 45.2 Å². The van der Waals surface area contributed by atoms with Crippen LogP contribution in [-0.4, -0.2) is 11.7 Å². The monoisotopic (exact) mass is 526 g/mol. The molecule has 0 fully saturated rings. The second kappa shape index (κ2) is 7.86. The predicted octanol–water partition coefficient (Wildman–Crippen LogP) is 5.71. The summed E-state index contributed by atoms with van der Waals surface area (Å²) < 4.78 is 39.7. The fourth-order valence-electron chi connectivity index (χ4n) is 5.70. The summed E-state index contributed by atoms with van der Waals surface area (Å²) in [5, 5.41) is 13.6. The van der Waals surface area contributed by atoms with Crippen molar-refractivity contribution in [2.75, 3.05) is 10.2 Å². The van der Waals surface area contributed by atoms with E-state index in [1.807, 2.05) is 13.8 Å². The highest BCUT2D eigenvalue weighted by Gasteiger charge is 2.61. The highest BCUT2D eigenvalue weighted by Crippen LogP contribution is 2.58. The van der Waals surface area contributed by atoms with Crippen molar-refractivity contribution in [3.05, 3.63) is 80.8 Å². The zero-order valence-corrected chi connectivity index (χ0v) is 20.9. The lowest BCUT2D eigenvalue weighted by Crippen LogP contribution is -2.52. The van der Waals surface area contributed by atoms with Crippen LogP contribution in [0.2, 0.25) is 5.02 Å². The molecule has 5 rings (SSSR count). The maximum absolute atomic E-state index is 13.8. The number of rotatable bonds is 1. The van der Waals surface area contributed by atoms with Gasteiger partial charge < -0.3 is 11.1 Å². The topological polar surface area (TPSA) is 99.2 Å². The molecule has 2 aromatic rings. The van der Waals surface area contributed by atoms with Gasteiger partial charge in [0.15, 0.2) is 5.78 Å². The number of nitriles is 1. The van der Waals surface area contributed by atoms with E-state index in [0.29, 0.717) is 34.0 Å². The third-order valence-electron chi connectivity index (χ3n) is 7.32. The van der Waals surface area contributed by atoms with E-state index in [4.69, 9.17) is 17.3 Å². The van der Waals surface area contributed by atoms with Crippen molar-refractivity contribution in [3.63, 3.8) is 0 Å². The van der Waals surface area contributed by atoms with Crippen LogP contribution in [0.4, 0.5) is 24.5 Å². The number of halogens is 4. The number of ketones is 1. The van der Waals surface area contributed by atoms with Crippen LogP contribution in [0.1, 0.15) is 43.4 Å². The molecule has 1 unspecified atom stereocenters. The van der Waals surface area contributed by atoms with E-state index >= 15 is 0 Å². The van der Waals surface area contributed by atoms with Crippen LogP contribution in [-0.2, 0) is 21.2 Å². The van der Waals surface area contributed by atoms with Crippen molar-refractivity contribution >= 4 is 34.7 Å². The summed E-state index contributed by atoms with van der Waals surface area (Å²) in [6.07, 6.45) is -4.13. The van der Waals surface area contributed by atoms with Crippen molar-refractivity contribution in [3.8, 4) is 6.07 Å². The number of Topliss-reactive ketones (excluding diaryl/α,β-unsaturated/α-hetero) is 1. The molecule has 0 bridgehead atoms. The molecule has 2 aromatic carbocycles. The molecule has 0 radical (unpaired) electrons. The van der Waals surface area contributed by atoms with Crippen molar-refractivity contribution in [2.24, 2.45) is 11.1 Å². The van der Waals surface area contributed by atoms with Gasteiger partial charge in [-0.3, -0.25) is 14.5 Å². The van der Waals surface area contributed by atoms with Gasteiger partial charge in [0.1, 0.15) is 17.3 Å². The Hall–Kier alpha value is -3.77. The minimum absolute atomic E-state index is 0.107. The van der Waals surface area contributed by atoms with Crippen LogP contribution in [0.5, 0.6) is 0 Å². The molecule has 190 valence electrons. The highest BCUT2D eigenvalue weighted by molar-refractivity contribution is 6.32. The Morgan fingerprint density at radius 1 is 1.11 bits per heavy atom. The van der Waals surface area contributed by atoms with Gasteiger partial charge in [-0.05, 0) is 54.7 Å². The lowest BCUT2D eigenvalue weighted by atomic mass is 9.60. The number of carbonyl (C=O) groups is 2. The first-order valence-corrected chi connectivity index (χ1v) is 11.9. The van der Waals surface area contributed by atoms with Gasteiger partial charge in [-0.25, -0.2) is 0 Å². The van der Waals surface area contributed by atoms with E-state index in [9.17, 15) is 28.0 Å². The molecule has 2 aliphatic heterocycles. The number of nitrogens with zero attached hydrogens (tertiary/aromatic N) is 2. The zero-order valence-electron chi connectivity index (χ0n) is 20.2. The molecule has 1 atom stereocenters. The molecule has 3 N–H and O–H groups in total. The fourth-order valence-corrected chi connectivity index (χ4v) is 5.86. The van der Waals surface area contributed by atoms with Crippen LogP contribution < -0.4 is 16.0 Å². The number of anilines is 2. The van der Waals surface area contributed by atoms with Gasteiger partial charge in [0, 0.05) is 34.0 Å². The Bertz CT molecular complexity index is 1500. The van der Waals surface area contributed by atoms with Gasteiger partial charge in [-0.1, -0.05) is 31.5 Å². The number of amides is 1. The number of benzene rings is 2. The zero-order chi connectivity index (χ0) is 27.1. The normalized spacial score (nSPS) is 22.7. The number of nitrogens with one attached hydrogen (secondary N) is 1. The minimum Gasteiger partial charge on any atom is -0.384 e. The van der Waals surface area contributed by atoms with Crippen molar-refractivity contribution in [1.82, 2.24) is 0 Å². The summed E-state index contributed by atoms with van der Waals surface area (Å²) in [5.74, 6) is -1.05. The molecule has 1 spiro atoms. The molecule has 2 heterocycles. The molecular formula is C27H22ClF3N4O2. The summed E-state index contributed by atoms with van der Waals surface area (Å²) in [6.45, 7) is 5.50. The van der Waals surface area contributed by atoms with Gasteiger partial charge in [-0.2, -0.15) is 18.4 Å². The molecule has 0 saturated carbocycles. The average molecular weight is 527 g/mol. The standard InChI is InChI=1S/C27H22ClF3N4O2/c1-13-18(28)9-8-16-22(13)34-24(37)26(16)17(12-32)23(33)35(15-6-4-14(5-7-15)27(29,30)31)19-10-25(2,3)11-20(36)21(19)26/h4-9H,10-11,33H2,1-3H3,(H,34,37). The maximum Gasteiger partial charge on any atom is 0.416 e. The predicted molar refractivity (Wildman–Crippen MR) is 132 cm³/mol. The number of hydrogen-bond donors (Lipinski definition) is 2. The molecule has 0 saturated heterocycles. The lowest BCUT2D eigenvalue weighted by Gasteiger charge is -2.46. The summed E-state index contributed by atoms with van der Waals surface area (Å²) in [6, 6.07) is 9.58. The number of hydrogen-bond acceptors (Lipinski definition) is 5. The Morgan fingerprint density at radius 2 is 1.76 bits per heavy atom. The van der Waals surface area contributed by atoms with Gasteiger partial charge in [0.05, 0.1) is 16.8 Å². The fraction of sp³-hybridized carbons (Fsp3) is 0.296. The third-order valence-corrected chi connectivity index (χ3v) is 7.73. The molecule has 10 heteroatoms. The van der Waals surface area contributed by atoms with Gasteiger partial charge >= 0.3 is 6.18 Å². The van der Waals surface area contributed by atoms with Crippen LogP contribution in [0.25, 0.3) is 0 Å². The number of nitrogens with two attached hydrogens (primary N) is 1. The van der Waals surface area contributed by atoms with E-state index in [-0.39, 0.29) is 34.9 Å². The van der Waals surface area contributed by atoms with Gasteiger partial charge in [-0.15, -0.1) is 0 Å². The number of fused-ring (bicyclic) bond motifs is 3. The van der Waals surface area contributed by atoms with E-state index in [0.717, 1.165) is 12.1 Å². The van der Waals surface area contributed by atoms with E-state index in [1.165, 1.54) is 17.0 Å². The first-order chi connectivity index (χ1) is 17.2. The maximum atomic E-state index is 13.8. The third kappa shape index (κ3) is 3.39. The summed E-state index contributed by atoms with van der Waals surface area (Å²) in [7, 11) is 0. The highest BCUT2D eigenvalue weighted by atomic mass is 35.5. The number of alkyl halides is 3. The van der Waals surface area contributed by atoms with Crippen LogP contribution in [0, 0.1) is 23.7 Å². The number of allylic oxidation sites excluding steroid dienone is 1. The van der Waals surface area contributed by atoms with E-state index in [2.05, 4.69) is 11.4 Å². The molecule has 0 aromatic heterocycles. The summed E-state index contributed by atoms with van der Waals surface area (Å²) >= 11 is 6.30. The van der Waals surface area contributed by atoms with Gasteiger partial charge in [0.25, 0.3) is 0 Å². The minimum atomic E-state index is -4.54. The SMILES string of the molecule is Cc1c(Cl)ccc2c1NC(=O)C21C(C#N)=C(N)N(c2ccc(C(F)(F)F)cc2)C2=C1C(=O)CC(C)(C)C2. The summed E-state index contributed by atoms with van der Waals surface area (Å²) in [4.78, 5) is 29.1. The molecule has 3 aliphatic rings. The van der Waals surface area contributed by atoms with E-state index < -0.39 is 28.5 Å². The Balaban J connectivity index is 1.85. The quantitative estimate of drug-likeness (QED) is 0.495. The average Bonchev–Trinajstić information content (AvgIpc) is 3.08. The van der Waals surface area contributed by atoms with Crippen LogP contribution >= 0.6 is 11.6 Å². The molecule has 6 nitrogen and oxygen atoms in total. The number of carbonyl (C=O) groups excluding carboxylic acids is 2. The largest absolute Gasteiger partial charge is 0.416 e. The van der Waals surface area contributed by atoms with Crippen molar-refractivity contribution in [1.29, 1.82) is 5.26 Å². The lowest BCUT2D eigenvalue weighted by molar-refractivity contribution is -0.137. The Morgan fingerprint density at radius 3 is 2.35 bits per heavy atom. The van der Waals surface area contributed by atoms with Crippen molar-refractivity contribution < 1.29 is 22.8 Å². The molecule has 1 amide bonds. The molecular weight excluding hydrogens is 505 g/mol. The molecule has 37 heavy (non-hydrogen) atoms. The first kappa shape index (κ1) is 24.9. The summed E-state index contributed by atoms with van der Waals surface area (Å²) in [5.41, 5.74) is 5.36. The first-order valence-electron chi connectivity index (χ1n) is 11.5. The van der Waals surface area contributed by atoms with E-state index in [1.54, 1.807) is 19.1 Å². The van der Waals surface area contributed by atoms with Crippen LogP contribution in [0.15, 0.2) is 59.1 Å². The van der Waals surface area contributed by atoms with Crippen LogP contribution in [0.3, 0.4) is 0 Å². The second-order valence-corrected chi connectivity index (χ2v) is 10.7. The van der Waals surface area contributed by atoms with Gasteiger partial charge in [0.2, 0.25) is 5.91 Å². The molecule has 1 aliphatic carbocycles. The Kier molecular flexibility index (Phi) is 5.29. The smallest absolute Gasteiger partial charge is 0.384 e. The Labute approximate surface area is 216 Å². The second-order valence-electron chi connectivity index (χ2n) is 10.3.